The minimum Gasteiger partial charge on any atom is -0.496 e. The molecule has 0 spiro atoms. The highest BCUT2D eigenvalue weighted by molar-refractivity contribution is 5.87. The molecule has 0 radical (unpaired) electrons. The van der Waals surface area contributed by atoms with E-state index < -0.39 is 0 Å². The largest absolute Gasteiger partial charge is 0.496 e. The van der Waals surface area contributed by atoms with Gasteiger partial charge in [0.15, 0.2) is 11.0 Å². The molecule has 3 heterocycles. The van der Waals surface area contributed by atoms with Crippen LogP contribution in [0.4, 0.5) is 17.4 Å². The fourth-order valence-corrected chi connectivity index (χ4v) is 4.78. The second-order valence-electron chi connectivity index (χ2n) is 8.89. The third kappa shape index (κ3) is 4.08. The van der Waals surface area contributed by atoms with E-state index in [0.717, 1.165) is 43.0 Å². The van der Waals surface area contributed by atoms with E-state index in [9.17, 15) is 4.79 Å². The van der Waals surface area contributed by atoms with E-state index in [1.807, 2.05) is 42.5 Å². The Kier molecular flexibility index (Phi) is 5.60. The maximum atomic E-state index is 12.9. The molecule has 9 heteroatoms. The van der Waals surface area contributed by atoms with Crippen molar-refractivity contribution < 1.29 is 18.3 Å². The molecule has 1 fully saturated rings. The average molecular weight is 499 g/mol. The van der Waals surface area contributed by atoms with Crippen molar-refractivity contribution in [2.45, 2.75) is 0 Å². The number of nitrogens with two attached hydrogens (primary N) is 1. The number of fused-ring (bicyclic) bond motifs is 2. The summed E-state index contributed by atoms with van der Waals surface area (Å²) in [5.74, 6) is 1.37. The van der Waals surface area contributed by atoms with Gasteiger partial charge in [0.05, 0.1) is 25.6 Å². The molecule has 188 valence electrons. The highest BCUT2D eigenvalue weighted by Gasteiger charge is 2.23. The quantitative estimate of drug-likeness (QED) is 0.350. The molecule has 0 bridgehead atoms. The summed E-state index contributed by atoms with van der Waals surface area (Å²) in [6, 6.07) is 18.9. The normalized spacial score (nSPS) is 13.9. The van der Waals surface area contributed by atoms with Gasteiger partial charge in [-0.2, -0.15) is 4.98 Å². The molecule has 5 aromatic rings. The van der Waals surface area contributed by atoms with Gasteiger partial charge in [0.1, 0.15) is 33.7 Å². The van der Waals surface area contributed by atoms with Gasteiger partial charge in [-0.25, -0.2) is 0 Å². The molecule has 1 saturated heterocycles. The zero-order valence-electron chi connectivity index (χ0n) is 20.6. The first-order valence-corrected chi connectivity index (χ1v) is 12.0. The van der Waals surface area contributed by atoms with E-state index in [1.165, 1.54) is 13.2 Å². The van der Waals surface area contributed by atoms with Gasteiger partial charge in [-0.1, -0.05) is 12.1 Å². The average Bonchev–Trinajstić information content (AvgIpc) is 3.36. The van der Waals surface area contributed by atoms with Crippen LogP contribution < -0.4 is 30.4 Å². The van der Waals surface area contributed by atoms with Gasteiger partial charge in [-0.3, -0.25) is 4.79 Å². The molecule has 0 saturated carbocycles. The van der Waals surface area contributed by atoms with Crippen LogP contribution in [0.3, 0.4) is 0 Å². The lowest BCUT2D eigenvalue weighted by Gasteiger charge is -2.35. The summed E-state index contributed by atoms with van der Waals surface area (Å²) in [5.41, 5.74) is 10.6. The Balaban J connectivity index is 1.24. The van der Waals surface area contributed by atoms with Gasteiger partial charge in [-0.15, -0.1) is 0 Å². The molecule has 2 N–H and O–H groups in total. The second-order valence-corrected chi connectivity index (χ2v) is 8.89. The number of rotatable bonds is 5. The van der Waals surface area contributed by atoms with Crippen LogP contribution in [0.15, 0.2) is 74.3 Å². The lowest BCUT2D eigenvalue weighted by atomic mass is 10.1. The molecule has 3 aromatic carbocycles. The fourth-order valence-electron chi connectivity index (χ4n) is 4.78. The smallest absolute Gasteiger partial charge is 0.298 e. The predicted molar refractivity (Wildman–Crippen MR) is 144 cm³/mol. The van der Waals surface area contributed by atoms with Crippen molar-refractivity contribution in [3.05, 3.63) is 70.9 Å². The Hall–Kier alpha value is -4.66. The summed E-state index contributed by atoms with van der Waals surface area (Å²) in [4.78, 5) is 21.9. The van der Waals surface area contributed by atoms with Crippen LogP contribution in [0.1, 0.15) is 0 Å². The van der Waals surface area contributed by atoms with Gasteiger partial charge >= 0.3 is 0 Å². The van der Waals surface area contributed by atoms with Crippen molar-refractivity contribution in [1.82, 2.24) is 4.98 Å². The summed E-state index contributed by atoms with van der Waals surface area (Å²) in [7, 11) is 3.06. The first kappa shape index (κ1) is 22.8. The first-order chi connectivity index (χ1) is 18.0. The SMILES string of the molecule is COc1cc(OC)c2c(=O)cc(-c3ccc(N4CCN(c5nc6ccccc6o5)CC4)c(N)c3)oc2c1. The highest BCUT2D eigenvalue weighted by atomic mass is 16.5. The van der Waals surface area contributed by atoms with Crippen LogP contribution in [-0.2, 0) is 0 Å². The zero-order valence-corrected chi connectivity index (χ0v) is 20.6. The number of ether oxygens (including phenoxy) is 2. The number of anilines is 3. The Morgan fingerprint density at radius 2 is 1.65 bits per heavy atom. The van der Waals surface area contributed by atoms with E-state index in [0.29, 0.717) is 45.5 Å². The lowest BCUT2D eigenvalue weighted by Crippen LogP contribution is -2.46. The molecule has 2 aromatic heterocycles. The third-order valence-corrected chi connectivity index (χ3v) is 6.71. The van der Waals surface area contributed by atoms with Crippen molar-refractivity contribution >= 4 is 39.5 Å². The monoisotopic (exact) mass is 498 g/mol. The van der Waals surface area contributed by atoms with Crippen LogP contribution in [0.25, 0.3) is 33.4 Å². The summed E-state index contributed by atoms with van der Waals surface area (Å²) < 4.78 is 22.7. The molecule has 0 amide bonds. The fraction of sp³-hybridized carbons (Fsp3) is 0.214. The van der Waals surface area contributed by atoms with E-state index >= 15 is 0 Å². The van der Waals surface area contributed by atoms with Gasteiger partial charge in [0, 0.05) is 49.9 Å². The van der Waals surface area contributed by atoms with Gasteiger partial charge < -0.3 is 33.8 Å². The van der Waals surface area contributed by atoms with Crippen LogP contribution >= 0.6 is 0 Å². The Labute approximate surface area is 212 Å². The van der Waals surface area contributed by atoms with Crippen LogP contribution in [0.2, 0.25) is 0 Å². The van der Waals surface area contributed by atoms with Crippen molar-refractivity contribution in [1.29, 1.82) is 0 Å². The van der Waals surface area contributed by atoms with Crippen LogP contribution in [-0.4, -0.2) is 45.4 Å². The lowest BCUT2D eigenvalue weighted by molar-refractivity contribution is 0.396. The zero-order chi connectivity index (χ0) is 25.5. The van der Waals surface area contributed by atoms with Crippen molar-refractivity contribution in [3.63, 3.8) is 0 Å². The summed E-state index contributed by atoms with van der Waals surface area (Å²) in [5, 5.41) is 0.369. The maximum absolute atomic E-state index is 12.9. The topological polar surface area (TPSA) is 107 Å². The van der Waals surface area contributed by atoms with Crippen molar-refractivity contribution in [3.8, 4) is 22.8 Å². The number of hydrogen-bond acceptors (Lipinski definition) is 9. The van der Waals surface area contributed by atoms with Crippen molar-refractivity contribution in [2.24, 2.45) is 0 Å². The predicted octanol–water partition coefficient (Wildman–Crippen LogP) is 4.53. The molecular formula is C28H26N4O5. The molecule has 6 rings (SSSR count). The van der Waals surface area contributed by atoms with E-state index in [2.05, 4.69) is 14.8 Å². The minimum atomic E-state index is -0.200. The van der Waals surface area contributed by atoms with E-state index in [4.69, 9.17) is 24.0 Å². The number of oxazole rings is 1. The number of benzene rings is 3. The van der Waals surface area contributed by atoms with Gasteiger partial charge in [-0.05, 0) is 30.3 Å². The number of hydrogen-bond donors (Lipinski definition) is 1. The number of nitrogen functional groups attached to an aromatic ring is 1. The molecule has 1 aliphatic heterocycles. The molecule has 1 aliphatic rings. The number of aromatic nitrogens is 1. The standard InChI is InChI=1S/C28H26N4O5/c1-34-18-14-25(35-2)27-22(33)16-24(36-26(27)15-18)17-7-8-21(19(29)13-17)31-9-11-32(12-10-31)28-30-20-5-3-4-6-23(20)37-28/h3-8,13-16H,9-12,29H2,1-2H3. The number of nitrogens with zero attached hydrogens (tertiary/aromatic N) is 3. The Morgan fingerprint density at radius 3 is 2.38 bits per heavy atom. The highest BCUT2D eigenvalue weighted by Crippen LogP contribution is 2.34. The maximum Gasteiger partial charge on any atom is 0.298 e. The molecule has 9 nitrogen and oxygen atoms in total. The Bertz CT molecular complexity index is 1630. The Morgan fingerprint density at radius 1 is 0.865 bits per heavy atom. The third-order valence-electron chi connectivity index (χ3n) is 6.71. The van der Waals surface area contributed by atoms with Crippen LogP contribution in [0.5, 0.6) is 11.5 Å². The minimum absolute atomic E-state index is 0.200. The number of methoxy groups -OCH3 is 2. The summed E-state index contributed by atoms with van der Waals surface area (Å²) >= 11 is 0. The van der Waals surface area contributed by atoms with E-state index in [-0.39, 0.29) is 5.43 Å². The van der Waals surface area contributed by atoms with Gasteiger partial charge in [0.2, 0.25) is 0 Å². The molecular weight excluding hydrogens is 472 g/mol. The number of piperazine rings is 1. The summed E-state index contributed by atoms with van der Waals surface area (Å²) in [6.07, 6.45) is 0. The molecule has 0 atom stereocenters. The first-order valence-electron chi connectivity index (χ1n) is 12.0. The van der Waals surface area contributed by atoms with Crippen molar-refractivity contribution in [2.75, 3.05) is 55.9 Å². The van der Waals surface area contributed by atoms with Gasteiger partial charge in [0.25, 0.3) is 6.01 Å². The molecule has 0 unspecified atom stereocenters. The molecule has 37 heavy (non-hydrogen) atoms. The van der Waals surface area contributed by atoms with E-state index in [1.54, 1.807) is 19.2 Å². The van der Waals surface area contributed by atoms with Crippen LogP contribution in [0, 0.1) is 0 Å². The number of para-hydroxylation sites is 2. The second kappa shape index (κ2) is 9.09. The summed E-state index contributed by atoms with van der Waals surface area (Å²) in [6.45, 7) is 3.06. The molecule has 0 aliphatic carbocycles.